The van der Waals surface area contributed by atoms with Crippen LogP contribution in [-0.4, -0.2) is 24.5 Å². The minimum Gasteiger partial charge on any atom is -0.303 e. The molecule has 0 saturated heterocycles. The summed E-state index contributed by atoms with van der Waals surface area (Å²) in [4.78, 5) is 2.63. The van der Waals surface area contributed by atoms with Gasteiger partial charge in [-0.05, 0) is 24.8 Å². The zero-order valence-corrected chi connectivity index (χ0v) is 12.8. The predicted molar refractivity (Wildman–Crippen MR) is 77.0 cm³/mol. The summed E-state index contributed by atoms with van der Waals surface area (Å²) in [5, 5.41) is 0. The van der Waals surface area contributed by atoms with Crippen LogP contribution in [0.3, 0.4) is 0 Å². The Labute approximate surface area is 105 Å². The number of nitrogens with zero attached hydrogens (tertiary/aromatic N) is 1. The van der Waals surface area contributed by atoms with Gasteiger partial charge in [-0.25, -0.2) is 0 Å². The highest BCUT2D eigenvalue weighted by Gasteiger charge is 2.08. The Bertz CT molecular complexity index is 109. The lowest BCUT2D eigenvalue weighted by Crippen LogP contribution is -2.32. The number of hydrogen-bond donors (Lipinski definition) is 0. The first-order valence-electron chi connectivity index (χ1n) is 7.28. The van der Waals surface area contributed by atoms with Crippen LogP contribution in [0, 0.1) is 11.8 Å². The molecule has 0 radical (unpaired) electrons. The second kappa shape index (κ2) is 13.0. The second-order valence-corrected chi connectivity index (χ2v) is 5.25. The first-order chi connectivity index (χ1) is 7.56. The van der Waals surface area contributed by atoms with Crippen molar-refractivity contribution < 1.29 is 0 Å². The van der Waals surface area contributed by atoms with E-state index in [-0.39, 0.29) is 0 Å². The molecule has 1 heteroatoms. The number of unbranched alkanes of at least 4 members (excludes halogenated alkanes) is 2. The maximum Gasteiger partial charge on any atom is 0.000449 e. The average molecular weight is 229 g/mol. The summed E-state index contributed by atoms with van der Waals surface area (Å²) >= 11 is 0. The predicted octanol–water partition coefficient (Wildman–Crippen LogP) is 4.82. The Morgan fingerprint density at radius 2 is 1.25 bits per heavy atom. The fourth-order valence-electron chi connectivity index (χ4n) is 1.88. The molecule has 0 rings (SSSR count). The topological polar surface area (TPSA) is 3.24 Å². The van der Waals surface area contributed by atoms with Crippen molar-refractivity contribution in [2.24, 2.45) is 11.8 Å². The van der Waals surface area contributed by atoms with E-state index in [0.717, 1.165) is 11.8 Å². The summed E-state index contributed by atoms with van der Waals surface area (Å²) in [6, 6.07) is 0. The third kappa shape index (κ3) is 14.0. The number of hydrogen-bond acceptors (Lipinski definition) is 1. The molecule has 0 aliphatic rings. The van der Waals surface area contributed by atoms with Crippen LogP contribution < -0.4 is 0 Å². The van der Waals surface area contributed by atoms with Crippen LogP contribution in [-0.2, 0) is 0 Å². The Hall–Kier alpha value is -0.0400. The first kappa shape index (κ1) is 18.3. The molecule has 0 heterocycles. The van der Waals surface area contributed by atoms with Crippen LogP contribution in [0.15, 0.2) is 0 Å². The standard InChI is InChI=1S/C13H29N.C2H6/c1-6-7-8-9-14(10-12(2)3)11-13(4)5;1-2/h12-13H,6-11H2,1-5H3;1-2H3. The van der Waals surface area contributed by atoms with Gasteiger partial charge in [0.2, 0.25) is 0 Å². The molecule has 0 aliphatic carbocycles. The van der Waals surface area contributed by atoms with E-state index in [0.29, 0.717) is 0 Å². The van der Waals surface area contributed by atoms with Crippen molar-refractivity contribution in [2.45, 2.75) is 67.7 Å². The molecule has 1 nitrogen and oxygen atoms in total. The van der Waals surface area contributed by atoms with Gasteiger partial charge in [-0.2, -0.15) is 0 Å². The zero-order chi connectivity index (χ0) is 13.0. The molecule has 0 atom stereocenters. The minimum atomic E-state index is 0.801. The van der Waals surface area contributed by atoms with Gasteiger partial charge in [0, 0.05) is 13.1 Å². The van der Waals surface area contributed by atoms with E-state index < -0.39 is 0 Å². The zero-order valence-electron chi connectivity index (χ0n) is 12.8. The van der Waals surface area contributed by atoms with Gasteiger partial charge >= 0.3 is 0 Å². The molecule has 0 aromatic rings. The van der Waals surface area contributed by atoms with Gasteiger partial charge in [-0.15, -0.1) is 0 Å². The average Bonchev–Trinajstić information content (AvgIpc) is 2.19. The van der Waals surface area contributed by atoms with Gasteiger partial charge in [0.05, 0.1) is 0 Å². The molecule has 0 aromatic heterocycles. The van der Waals surface area contributed by atoms with E-state index in [1.165, 1.54) is 38.9 Å². The molecule has 0 fully saturated rings. The van der Waals surface area contributed by atoms with Gasteiger partial charge in [-0.3, -0.25) is 0 Å². The highest BCUT2D eigenvalue weighted by atomic mass is 15.1. The van der Waals surface area contributed by atoms with Crippen LogP contribution in [0.25, 0.3) is 0 Å². The Kier molecular flexibility index (Phi) is 14.9. The second-order valence-electron chi connectivity index (χ2n) is 5.25. The van der Waals surface area contributed by atoms with Crippen molar-refractivity contribution in [3.8, 4) is 0 Å². The van der Waals surface area contributed by atoms with Crippen molar-refractivity contribution >= 4 is 0 Å². The molecule has 0 bridgehead atoms. The normalized spacial score (nSPS) is 10.9. The van der Waals surface area contributed by atoms with Crippen molar-refractivity contribution in [3.63, 3.8) is 0 Å². The Balaban J connectivity index is 0. The summed E-state index contributed by atoms with van der Waals surface area (Å²) in [6.45, 7) is 19.4. The van der Waals surface area contributed by atoms with E-state index in [9.17, 15) is 0 Å². The maximum atomic E-state index is 2.63. The van der Waals surface area contributed by atoms with Gasteiger partial charge in [0.1, 0.15) is 0 Å². The monoisotopic (exact) mass is 229 g/mol. The lowest BCUT2D eigenvalue weighted by molar-refractivity contribution is 0.215. The summed E-state index contributed by atoms with van der Waals surface area (Å²) in [6.07, 6.45) is 4.08. The SMILES string of the molecule is CC.CCCCCN(CC(C)C)CC(C)C. The highest BCUT2D eigenvalue weighted by molar-refractivity contribution is 4.62. The smallest absolute Gasteiger partial charge is 0.000449 e. The van der Waals surface area contributed by atoms with E-state index >= 15 is 0 Å². The van der Waals surface area contributed by atoms with Crippen molar-refractivity contribution in [1.82, 2.24) is 4.90 Å². The van der Waals surface area contributed by atoms with E-state index in [1.54, 1.807) is 0 Å². The summed E-state index contributed by atoms with van der Waals surface area (Å²) in [5.74, 6) is 1.60. The van der Waals surface area contributed by atoms with Crippen LogP contribution in [0.5, 0.6) is 0 Å². The molecular weight excluding hydrogens is 194 g/mol. The van der Waals surface area contributed by atoms with Crippen molar-refractivity contribution in [2.75, 3.05) is 19.6 Å². The third-order valence-electron chi connectivity index (χ3n) is 2.32. The molecule has 0 unspecified atom stereocenters. The van der Waals surface area contributed by atoms with Crippen LogP contribution >= 0.6 is 0 Å². The number of rotatable bonds is 8. The largest absolute Gasteiger partial charge is 0.303 e. The highest BCUT2D eigenvalue weighted by Crippen LogP contribution is 2.06. The Morgan fingerprint density at radius 3 is 1.56 bits per heavy atom. The van der Waals surface area contributed by atoms with E-state index in [4.69, 9.17) is 0 Å². The first-order valence-corrected chi connectivity index (χ1v) is 7.28. The minimum absolute atomic E-state index is 0.801. The lowest BCUT2D eigenvalue weighted by Gasteiger charge is -2.25. The third-order valence-corrected chi connectivity index (χ3v) is 2.32. The molecule has 0 amide bonds. The summed E-state index contributed by atoms with van der Waals surface area (Å²) < 4.78 is 0. The van der Waals surface area contributed by atoms with Crippen LogP contribution in [0.4, 0.5) is 0 Å². The van der Waals surface area contributed by atoms with Crippen molar-refractivity contribution in [3.05, 3.63) is 0 Å². The fraction of sp³-hybridized carbons (Fsp3) is 1.00. The van der Waals surface area contributed by atoms with Crippen LogP contribution in [0.2, 0.25) is 0 Å². The molecule has 0 saturated carbocycles. The van der Waals surface area contributed by atoms with Crippen molar-refractivity contribution in [1.29, 1.82) is 0 Å². The van der Waals surface area contributed by atoms with E-state index in [1.807, 2.05) is 13.8 Å². The molecule has 16 heavy (non-hydrogen) atoms. The Morgan fingerprint density at radius 1 is 0.812 bits per heavy atom. The summed E-state index contributed by atoms with van der Waals surface area (Å²) in [7, 11) is 0. The molecule has 0 N–H and O–H groups in total. The van der Waals surface area contributed by atoms with Gasteiger partial charge in [0.15, 0.2) is 0 Å². The van der Waals surface area contributed by atoms with Gasteiger partial charge in [0.25, 0.3) is 0 Å². The molecule has 100 valence electrons. The molecule has 0 aromatic carbocycles. The lowest BCUT2D eigenvalue weighted by atomic mass is 10.1. The van der Waals surface area contributed by atoms with E-state index in [2.05, 4.69) is 39.5 Å². The van der Waals surface area contributed by atoms with Crippen LogP contribution in [0.1, 0.15) is 67.7 Å². The maximum absolute atomic E-state index is 2.63. The molecule has 0 spiro atoms. The molecule has 0 aliphatic heterocycles. The van der Waals surface area contributed by atoms with Gasteiger partial charge < -0.3 is 4.90 Å². The summed E-state index contributed by atoms with van der Waals surface area (Å²) in [5.41, 5.74) is 0. The molecular formula is C15H35N. The van der Waals surface area contributed by atoms with Gasteiger partial charge in [-0.1, -0.05) is 61.3 Å². The quantitative estimate of drug-likeness (QED) is 0.540. The fourth-order valence-corrected chi connectivity index (χ4v) is 1.88.